The van der Waals surface area contributed by atoms with Gasteiger partial charge in [0.1, 0.15) is 5.69 Å². The topological polar surface area (TPSA) is 188 Å². The van der Waals surface area contributed by atoms with E-state index in [4.69, 9.17) is 50.6 Å². The van der Waals surface area contributed by atoms with Gasteiger partial charge in [-0.25, -0.2) is 0 Å². The van der Waals surface area contributed by atoms with Gasteiger partial charge in [0.2, 0.25) is 0 Å². The van der Waals surface area contributed by atoms with Crippen molar-refractivity contribution >= 4 is 5.91 Å². The highest BCUT2D eigenvalue weighted by Gasteiger charge is 2.38. The molecule has 9 unspecified atom stereocenters. The lowest BCUT2D eigenvalue weighted by atomic mass is 9.87. The van der Waals surface area contributed by atoms with Crippen LogP contribution in [0.4, 0.5) is 0 Å². The maximum atomic E-state index is 14.2. The molecule has 18 rings (SSSR count). The number of hydrogen-bond acceptors (Lipinski definition) is 19. The third-order valence-corrected chi connectivity index (χ3v) is 27.5. The van der Waals surface area contributed by atoms with E-state index in [9.17, 15) is 4.79 Å². The van der Waals surface area contributed by atoms with Gasteiger partial charge in [0, 0.05) is 149 Å². The van der Waals surface area contributed by atoms with Crippen LogP contribution in [0.1, 0.15) is 230 Å². The molecule has 111 heavy (non-hydrogen) atoms. The number of pyridine rings is 9. The van der Waals surface area contributed by atoms with Crippen LogP contribution in [-0.4, -0.2) is 217 Å². The molecule has 18 heterocycles. The Hall–Kier alpha value is -8.54. The van der Waals surface area contributed by atoms with E-state index in [0.717, 1.165) is 275 Å². The number of amides is 1. The maximum absolute atomic E-state index is 14.2. The van der Waals surface area contributed by atoms with Crippen molar-refractivity contribution in [2.24, 2.45) is 5.73 Å². The number of aromatic nitrogens is 9. The lowest BCUT2D eigenvalue weighted by Gasteiger charge is -2.26. The normalized spacial score (nSPS) is 25.6. The standard InChI is InChI=1S/C91H111N19O/c1-102-30-10-19-74(102)56-28-29-73(93-47-56)65-39-57(75-20-11-31-103(75)2)48-94-83(65)66-40-58(76-21-12-32-104(76)3)49-95-84(66)67-41-59(77-22-13-33-105(77)4)50-96-85(67)68-42-60(78-23-14-34-106(78)5)51-97-86(68)69-43-61(79-24-15-35-107(79)6)52-98-87(69)70-44-62(80-25-16-36-108(80)7)53-99-88(70)71-45-63(81-26-17-37-109(81)8)54-100-89(71)90-72(91(92)111)46-64(55-101-90)82-27-18-38-110(82)9/h28-29,39-55,74-82H,10-27,30-38H2,1-9H3,(H2,92,111). The SMILES string of the molecule is CN1CCCC1c1ccc(-c2cc(C3CCCN3C)cnc2-c2cc(C3CCCN3C)cnc2-c2cc(C3CCCN3C)cnc2-c2cc(C3CCCN3C)cnc2-c2cc(C3CCCN3C)cnc2-c2cc(C3CCCN3C)cnc2-c2cc(C3CCCN3C)cnc2-c2ncc(C3CCCN3C)cc2C(N)=O)nc1. The highest BCUT2D eigenvalue weighted by molar-refractivity contribution is 6.02. The first kappa shape index (κ1) is 73.9. The molecule has 9 aliphatic rings. The molecule has 0 radical (unpaired) electrons. The molecule has 1 amide bonds. The highest BCUT2D eigenvalue weighted by Crippen LogP contribution is 2.51. The zero-order chi connectivity index (χ0) is 75.9. The number of rotatable bonds is 18. The largest absolute Gasteiger partial charge is 0.366 e. The Morgan fingerprint density at radius 3 is 0.676 bits per heavy atom. The van der Waals surface area contributed by atoms with Gasteiger partial charge in [-0.3, -0.25) is 93.7 Å². The minimum Gasteiger partial charge on any atom is -0.366 e. The Morgan fingerprint density at radius 1 is 0.252 bits per heavy atom. The van der Waals surface area contributed by atoms with Crippen LogP contribution in [0, 0.1) is 0 Å². The Balaban J connectivity index is 0.901. The second kappa shape index (κ2) is 31.1. The summed E-state index contributed by atoms with van der Waals surface area (Å²) in [5.41, 5.74) is 30.0. The van der Waals surface area contributed by atoms with E-state index in [1.165, 1.54) is 23.1 Å². The van der Waals surface area contributed by atoms with E-state index >= 15 is 0 Å². The van der Waals surface area contributed by atoms with Crippen molar-refractivity contribution < 1.29 is 4.79 Å². The zero-order valence-corrected chi connectivity index (χ0v) is 66.8. The van der Waals surface area contributed by atoms with Crippen molar-refractivity contribution in [1.29, 1.82) is 0 Å². The summed E-state index contributed by atoms with van der Waals surface area (Å²) in [5.74, 6) is -0.547. The minimum absolute atomic E-state index is 0.118. The van der Waals surface area contributed by atoms with Gasteiger partial charge in [0.05, 0.1) is 51.1 Å². The van der Waals surface area contributed by atoms with Crippen LogP contribution in [0.2, 0.25) is 0 Å². The molecule has 9 fully saturated rings. The Labute approximate surface area is 656 Å². The summed E-state index contributed by atoms with van der Waals surface area (Å²) in [4.78, 5) is 87.9. The van der Waals surface area contributed by atoms with Crippen LogP contribution < -0.4 is 5.73 Å². The molecular formula is C91H111N19O. The van der Waals surface area contributed by atoms with Crippen LogP contribution in [0.15, 0.2) is 116 Å². The van der Waals surface area contributed by atoms with Gasteiger partial charge in [-0.2, -0.15) is 0 Å². The molecule has 9 aromatic rings. The molecule has 0 saturated carbocycles. The molecule has 0 aromatic carbocycles. The molecule has 576 valence electrons. The smallest absolute Gasteiger partial charge is 0.250 e. The molecule has 9 aliphatic heterocycles. The minimum atomic E-state index is -0.547. The van der Waals surface area contributed by atoms with Crippen LogP contribution in [0.5, 0.6) is 0 Å². The fourth-order valence-corrected chi connectivity index (χ4v) is 21.2. The second-order valence-electron chi connectivity index (χ2n) is 34.4. The predicted octanol–water partition coefficient (Wildman–Crippen LogP) is 15.6. The van der Waals surface area contributed by atoms with Gasteiger partial charge >= 0.3 is 0 Å². The molecule has 0 bridgehead atoms. The van der Waals surface area contributed by atoms with Crippen LogP contribution >= 0.6 is 0 Å². The highest BCUT2D eigenvalue weighted by atomic mass is 16.1. The van der Waals surface area contributed by atoms with Gasteiger partial charge in [-0.1, -0.05) is 6.07 Å². The van der Waals surface area contributed by atoms with Crippen LogP contribution in [0.3, 0.4) is 0 Å². The van der Waals surface area contributed by atoms with Crippen LogP contribution in [0.25, 0.3) is 90.2 Å². The lowest BCUT2D eigenvalue weighted by molar-refractivity contribution is 0.1000. The molecule has 20 nitrogen and oxygen atoms in total. The Kier molecular flexibility index (Phi) is 20.7. The molecule has 0 aliphatic carbocycles. The van der Waals surface area contributed by atoms with Crippen molar-refractivity contribution in [2.75, 3.05) is 122 Å². The molecule has 9 saturated heterocycles. The van der Waals surface area contributed by atoms with Gasteiger partial charge in [0.25, 0.3) is 5.91 Å². The Morgan fingerprint density at radius 2 is 0.450 bits per heavy atom. The van der Waals surface area contributed by atoms with Crippen molar-refractivity contribution in [3.05, 3.63) is 172 Å². The molecular weight excluding hydrogens is 1380 g/mol. The summed E-state index contributed by atoms with van der Waals surface area (Å²) >= 11 is 0. The molecule has 9 atom stereocenters. The summed E-state index contributed by atoms with van der Waals surface area (Å²) in [6.07, 6.45) is 38.1. The number of nitrogens with zero attached hydrogens (tertiary/aromatic N) is 18. The first-order valence-electron chi connectivity index (χ1n) is 41.7. The fourth-order valence-electron chi connectivity index (χ4n) is 21.2. The molecule has 20 heteroatoms. The Bertz CT molecular complexity index is 4970. The van der Waals surface area contributed by atoms with Gasteiger partial charge in [-0.05, 0) is 343 Å². The first-order valence-corrected chi connectivity index (χ1v) is 41.7. The first-order chi connectivity index (χ1) is 54.1. The summed E-state index contributed by atoms with van der Waals surface area (Å²) in [6.45, 7) is 9.06. The average molecular weight is 1490 g/mol. The molecule has 2 N–H and O–H groups in total. The maximum Gasteiger partial charge on any atom is 0.250 e. The number of carbonyl (C=O) groups excluding carboxylic acids is 1. The fraction of sp³-hybridized carbons (Fsp3) is 0.495. The summed E-state index contributed by atoms with van der Waals surface area (Å²) in [5, 5.41) is 0. The average Bonchev–Trinajstić information content (AvgIpc) is 1.43. The van der Waals surface area contributed by atoms with E-state index in [1.807, 2.05) is 18.5 Å². The quantitative estimate of drug-likeness (QED) is 0.0853. The van der Waals surface area contributed by atoms with E-state index in [2.05, 4.69) is 206 Å². The number of carbonyl (C=O) groups is 1. The third kappa shape index (κ3) is 14.0. The summed E-state index contributed by atoms with van der Waals surface area (Å²) in [7, 11) is 20.1. The van der Waals surface area contributed by atoms with E-state index in [0.29, 0.717) is 28.7 Å². The number of hydrogen-bond donors (Lipinski definition) is 1. The lowest BCUT2D eigenvalue weighted by Crippen LogP contribution is -2.20. The van der Waals surface area contributed by atoms with Crippen LogP contribution in [-0.2, 0) is 0 Å². The number of primary amides is 1. The molecule has 0 spiro atoms. The van der Waals surface area contributed by atoms with Crippen molar-refractivity contribution in [3.8, 4) is 90.2 Å². The second-order valence-corrected chi connectivity index (χ2v) is 34.4. The molecule has 9 aromatic heterocycles. The summed E-state index contributed by atoms with van der Waals surface area (Å²) in [6, 6.07) is 24.9. The predicted molar refractivity (Wildman–Crippen MR) is 440 cm³/mol. The van der Waals surface area contributed by atoms with E-state index in [-0.39, 0.29) is 48.3 Å². The monoisotopic (exact) mass is 1490 g/mol. The van der Waals surface area contributed by atoms with Gasteiger partial charge < -0.3 is 5.73 Å². The van der Waals surface area contributed by atoms with Crippen molar-refractivity contribution in [3.63, 3.8) is 0 Å². The summed E-state index contributed by atoms with van der Waals surface area (Å²) < 4.78 is 0. The number of likely N-dealkylation sites (tertiary alicyclic amines) is 9. The third-order valence-electron chi connectivity index (χ3n) is 27.5. The van der Waals surface area contributed by atoms with Crippen molar-refractivity contribution in [2.45, 2.75) is 170 Å². The number of nitrogens with two attached hydrogens (primary N) is 1. The van der Waals surface area contributed by atoms with E-state index < -0.39 is 5.91 Å². The van der Waals surface area contributed by atoms with E-state index in [1.54, 1.807) is 0 Å². The van der Waals surface area contributed by atoms with Gasteiger partial charge in [-0.15, -0.1) is 0 Å². The zero-order valence-electron chi connectivity index (χ0n) is 66.8. The van der Waals surface area contributed by atoms with Gasteiger partial charge in [0.15, 0.2) is 0 Å². The van der Waals surface area contributed by atoms with Crippen molar-refractivity contribution in [1.82, 2.24) is 89.0 Å².